The summed E-state index contributed by atoms with van der Waals surface area (Å²) in [4.78, 5) is 4.52. The number of hydrogen-bond donors (Lipinski definition) is 0. The third-order valence-corrected chi connectivity index (χ3v) is 5.67. The molecule has 0 amide bonds. The molecule has 8 heteroatoms. The predicted molar refractivity (Wildman–Crippen MR) is 109 cm³/mol. The van der Waals surface area contributed by atoms with Crippen LogP contribution in [0, 0.1) is 0 Å². The molecule has 1 fully saturated rings. The van der Waals surface area contributed by atoms with Gasteiger partial charge in [0.15, 0.2) is 5.16 Å². The molecule has 146 valence electrons. The zero-order chi connectivity index (χ0) is 19.6. The molecule has 29 heavy (non-hydrogen) atoms. The number of para-hydroxylation sites is 2. The zero-order valence-electron chi connectivity index (χ0n) is 15.9. The molecule has 0 N–H and O–H groups in total. The topological polar surface area (TPSA) is 78.9 Å². The summed E-state index contributed by atoms with van der Waals surface area (Å²) in [5, 5.41) is 13.8. The van der Waals surface area contributed by atoms with E-state index in [1.54, 1.807) is 18.9 Å². The number of aromatic nitrogens is 5. The fraction of sp³-hybridized carbons (Fsp3) is 0.238. The van der Waals surface area contributed by atoms with Crippen molar-refractivity contribution in [1.82, 2.24) is 24.9 Å². The Morgan fingerprint density at radius 3 is 2.66 bits per heavy atom. The summed E-state index contributed by atoms with van der Waals surface area (Å²) in [6.07, 6.45) is 2.34. The van der Waals surface area contributed by atoms with Crippen molar-refractivity contribution in [3.63, 3.8) is 0 Å². The minimum absolute atomic E-state index is 0.498. The maximum atomic E-state index is 5.46. The number of hydrogen-bond acceptors (Lipinski definition) is 7. The number of methoxy groups -OCH3 is 1. The van der Waals surface area contributed by atoms with E-state index in [0.29, 0.717) is 29.1 Å². The third-order valence-electron chi connectivity index (χ3n) is 4.76. The second-order valence-electron chi connectivity index (χ2n) is 6.79. The monoisotopic (exact) mass is 405 g/mol. The first kappa shape index (κ1) is 17.9. The van der Waals surface area contributed by atoms with Crippen LogP contribution in [-0.2, 0) is 5.75 Å². The largest absolute Gasteiger partial charge is 0.496 e. The lowest BCUT2D eigenvalue weighted by atomic mass is 10.2. The quantitative estimate of drug-likeness (QED) is 0.419. The lowest BCUT2D eigenvalue weighted by Crippen LogP contribution is -2.01. The minimum Gasteiger partial charge on any atom is -0.496 e. The average molecular weight is 405 g/mol. The van der Waals surface area contributed by atoms with Crippen molar-refractivity contribution >= 4 is 11.8 Å². The Morgan fingerprint density at radius 2 is 1.86 bits per heavy atom. The van der Waals surface area contributed by atoms with Gasteiger partial charge in [-0.3, -0.25) is 4.57 Å². The van der Waals surface area contributed by atoms with E-state index in [1.165, 1.54) is 12.8 Å². The summed E-state index contributed by atoms with van der Waals surface area (Å²) in [7, 11) is 1.63. The minimum atomic E-state index is 0.498. The summed E-state index contributed by atoms with van der Waals surface area (Å²) in [6, 6.07) is 17.8. The van der Waals surface area contributed by atoms with Crippen molar-refractivity contribution in [2.45, 2.75) is 29.7 Å². The van der Waals surface area contributed by atoms with Crippen LogP contribution in [0.1, 0.15) is 30.5 Å². The van der Waals surface area contributed by atoms with Gasteiger partial charge in [-0.15, -0.1) is 10.2 Å². The van der Waals surface area contributed by atoms with Crippen LogP contribution < -0.4 is 4.74 Å². The molecule has 5 rings (SSSR count). The molecule has 0 bridgehead atoms. The molecule has 0 spiro atoms. The second-order valence-corrected chi connectivity index (χ2v) is 7.73. The number of ether oxygens (including phenoxy) is 1. The van der Waals surface area contributed by atoms with Crippen molar-refractivity contribution in [1.29, 1.82) is 0 Å². The molecule has 0 saturated heterocycles. The van der Waals surface area contributed by atoms with Crippen LogP contribution >= 0.6 is 11.8 Å². The van der Waals surface area contributed by atoms with Gasteiger partial charge in [0.25, 0.3) is 0 Å². The molecule has 0 unspecified atom stereocenters. The van der Waals surface area contributed by atoms with Gasteiger partial charge < -0.3 is 9.26 Å². The standard InChI is InChI=1S/C21H19N5O2S/c1-27-17-10-6-5-9-16(17)19-22-18(28-25-19)13-29-21-24-23-20(14-11-12-14)26(21)15-7-3-2-4-8-15/h2-10,14H,11-13H2,1H3. The molecule has 1 saturated carbocycles. The third kappa shape index (κ3) is 3.63. The molecule has 2 heterocycles. The Morgan fingerprint density at radius 1 is 1.07 bits per heavy atom. The van der Waals surface area contributed by atoms with E-state index in [9.17, 15) is 0 Å². The van der Waals surface area contributed by atoms with Crippen LogP contribution in [0.3, 0.4) is 0 Å². The van der Waals surface area contributed by atoms with Gasteiger partial charge in [0, 0.05) is 11.6 Å². The Bertz CT molecular complexity index is 1120. The Kier molecular flexibility index (Phi) is 4.77. The molecular weight excluding hydrogens is 386 g/mol. The van der Waals surface area contributed by atoms with Crippen molar-refractivity contribution in [2.75, 3.05) is 7.11 Å². The Hall–Kier alpha value is -3.13. The predicted octanol–water partition coefficient (Wildman–Crippen LogP) is 4.50. The first-order valence-electron chi connectivity index (χ1n) is 9.43. The normalized spacial score (nSPS) is 13.6. The molecule has 0 aliphatic heterocycles. The lowest BCUT2D eigenvalue weighted by Gasteiger charge is -2.08. The van der Waals surface area contributed by atoms with Crippen LogP contribution in [-0.4, -0.2) is 32.0 Å². The maximum Gasteiger partial charge on any atom is 0.237 e. The van der Waals surface area contributed by atoms with Crippen molar-refractivity contribution in [2.24, 2.45) is 0 Å². The van der Waals surface area contributed by atoms with E-state index in [2.05, 4.69) is 37.0 Å². The van der Waals surface area contributed by atoms with Gasteiger partial charge in [-0.1, -0.05) is 47.3 Å². The molecule has 2 aromatic heterocycles. The van der Waals surface area contributed by atoms with Crippen molar-refractivity contribution in [3.05, 3.63) is 66.3 Å². The lowest BCUT2D eigenvalue weighted by molar-refractivity contribution is 0.390. The van der Waals surface area contributed by atoms with Gasteiger partial charge >= 0.3 is 0 Å². The van der Waals surface area contributed by atoms with E-state index in [1.807, 2.05) is 42.5 Å². The zero-order valence-corrected chi connectivity index (χ0v) is 16.7. The van der Waals surface area contributed by atoms with E-state index >= 15 is 0 Å². The van der Waals surface area contributed by atoms with Crippen molar-refractivity contribution in [3.8, 4) is 22.8 Å². The number of thioether (sulfide) groups is 1. The average Bonchev–Trinajstić information content (AvgIpc) is 3.36. The summed E-state index contributed by atoms with van der Waals surface area (Å²) in [6.45, 7) is 0. The van der Waals surface area contributed by atoms with Gasteiger partial charge in [0.2, 0.25) is 11.7 Å². The molecule has 0 radical (unpaired) electrons. The summed E-state index contributed by atoms with van der Waals surface area (Å²) >= 11 is 1.54. The van der Waals surface area contributed by atoms with Crippen molar-refractivity contribution < 1.29 is 9.26 Å². The summed E-state index contributed by atoms with van der Waals surface area (Å²) in [5.41, 5.74) is 1.88. The molecule has 1 aliphatic carbocycles. The highest BCUT2D eigenvalue weighted by atomic mass is 32.2. The number of benzene rings is 2. The molecule has 2 aromatic carbocycles. The van der Waals surface area contributed by atoms with Gasteiger partial charge in [0.05, 0.1) is 18.4 Å². The summed E-state index contributed by atoms with van der Waals surface area (Å²) < 4.78 is 13.0. The first-order valence-corrected chi connectivity index (χ1v) is 10.4. The number of rotatable bonds is 7. The summed E-state index contributed by atoms with van der Waals surface area (Å²) in [5.74, 6) is 3.80. The fourth-order valence-corrected chi connectivity index (χ4v) is 3.98. The molecule has 0 atom stereocenters. The highest BCUT2D eigenvalue weighted by molar-refractivity contribution is 7.98. The Balaban J connectivity index is 1.38. The Labute approximate surface area is 172 Å². The van der Waals surface area contributed by atoms with E-state index in [-0.39, 0.29) is 0 Å². The molecular formula is C21H19N5O2S. The van der Waals surface area contributed by atoms with Crippen LogP contribution in [0.25, 0.3) is 17.1 Å². The van der Waals surface area contributed by atoms with E-state index < -0.39 is 0 Å². The van der Waals surface area contributed by atoms with Crippen LogP contribution in [0.15, 0.2) is 64.3 Å². The van der Waals surface area contributed by atoms with Crippen LogP contribution in [0.2, 0.25) is 0 Å². The van der Waals surface area contributed by atoms with E-state index in [0.717, 1.165) is 22.2 Å². The molecule has 1 aliphatic rings. The first-order chi connectivity index (χ1) is 14.3. The van der Waals surface area contributed by atoms with Gasteiger partial charge in [-0.05, 0) is 37.1 Å². The smallest absolute Gasteiger partial charge is 0.237 e. The van der Waals surface area contributed by atoms with Crippen LogP contribution in [0.4, 0.5) is 0 Å². The van der Waals surface area contributed by atoms with Gasteiger partial charge in [-0.25, -0.2) is 0 Å². The van der Waals surface area contributed by atoms with Crippen LogP contribution in [0.5, 0.6) is 5.75 Å². The van der Waals surface area contributed by atoms with Gasteiger partial charge in [0.1, 0.15) is 11.6 Å². The second kappa shape index (κ2) is 7.71. The SMILES string of the molecule is COc1ccccc1-c1noc(CSc2nnc(C3CC3)n2-c2ccccc2)n1. The highest BCUT2D eigenvalue weighted by Crippen LogP contribution is 2.41. The number of nitrogens with zero attached hydrogens (tertiary/aromatic N) is 5. The van der Waals surface area contributed by atoms with Gasteiger partial charge in [-0.2, -0.15) is 4.98 Å². The highest BCUT2D eigenvalue weighted by Gasteiger charge is 2.31. The maximum absolute atomic E-state index is 5.46. The fourth-order valence-electron chi connectivity index (χ4n) is 3.18. The van der Waals surface area contributed by atoms with E-state index in [4.69, 9.17) is 9.26 Å². The molecule has 4 aromatic rings. The molecule has 7 nitrogen and oxygen atoms in total.